The first-order valence-corrected chi connectivity index (χ1v) is 4.82. The number of aliphatic hydroxyl groups is 3. The Balaban J connectivity index is 4.35. The Morgan fingerprint density at radius 3 is 2.29 bits per heavy atom. The molecule has 0 fully saturated rings. The number of hydrogen-bond donors (Lipinski definition) is 3. The molecule has 9 heteroatoms. The Kier molecular flexibility index (Phi) is 4.34. The van der Waals surface area contributed by atoms with Crippen molar-refractivity contribution in [3.63, 3.8) is 0 Å². The summed E-state index contributed by atoms with van der Waals surface area (Å²) < 4.78 is 13.4. The lowest BCUT2D eigenvalue weighted by molar-refractivity contribution is -0.349. The van der Waals surface area contributed by atoms with Crippen molar-refractivity contribution in [2.24, 2.45) is 0 Å². The van der Waals surface area contributed by atoms with Crippen molar-refractivity contribution in [1.29, 1.82) is 0 Å². The molecule has 0 spiro atoms. The lowest BCUT2D eigenvalue weighted by atomic mass is 10.1. The Bertz CT molecular complexity index is 254. The van der Waals surface area contributed by atoms with Crippen molar-refractivity contribution in [2.75, 3.05) is 6.61 Å². The van der Waals surface area contributed by atoms with Crippen molar-refractivity contribution in [1.82, 2.24) is 0 Å². The van der Waals surface area contributed by atoms with Gasteiger partial charge in [-0.3, -0.25) is 4.79 Å². The van der Waals surface area contributed by atoms with Gasteiger partial charge in [-0.05, 0) is 6.92 Å². The van der Waals surface area contributed by atoms with Crippen LogP contribution in [0.25, 0.3) is 0 Å². The highest BCUT2D eigenvalue weighted by Crippen LogP contribution is 2.26. The highest BCUT2D eigenvalue weighted by Gasteiger charge is 2.37. The van der Waals surface area contributed by atoms with Crippen LogP contribution in [0, 0.1) is 0 Å². The predicted molar refractivity (Wildman–Crippen MR) is 37.4 cm³/mol. The molecule has 0 aliphatic carbocycles. The zero-order chi connectivity index (χ0) is 11.6. The molecular formula is C5H9O8P-2. The number of carbonyl (C=O) groups excluding carboxylic acids is 1. The van der Waals surface area contributed by atoms with Crippen LogP contribution in [-0.4, -0.2) is 39.6 Å². The van der Waals surface area contributed by atoms with Crippen LogP contribution in [0.5, 0.6) is 0 Å². The van der Waals surface area contributed by atoms with E-state index >= 15 is 0 Å². The van der Waals surface area contributed by atoms with Crippen LogP contribution >= 0.6 is 7.82 Å². The molecule has 0 amide bonds. The maximum absolute atomic E-state index is 10.5. The van der Waals surface area contributed by atoms with E-state index < -0.39 is 32.1 Å². The fourth-order valence-electron chi connectivity index (χ4n) is 0.579. The van der Waals surface area contributed by atoms with Gasteiger partial charge in [-0.2, -0.15) is 0 Å². The van der Waals surface area contributed by atoms with E-state index in [2.05, 4.69) is 4.52 Å². The van der Waals surface area contributed by atoms with Crippen molar-refractivity contribution >= 4 is 13.6 Å². The van der Waals surface area contributed by atoms with Crippen LogP contribution in [0.15, 0.2) is 0 Å². The molecule has 0 aliphatic rings. The summed E-state index contributed by atoms with van der Waals surface area (Å²) >= 11 is 0. The van der Waals surface area contributed by atoms with E-state index in [0.29, 0.717) is 0 Å². The summed E-state index contributed by atoms with van der Waals surface area (Å²) in [6.45, 7) is -0.558. The van der Waals surface area contributed by atoms with E-state index in [0.717, 1.165) is 6.92 Å². The normalized spacial score (nSPS) is 15.3. The highest BCUT2D eigenvalue weighted by molar-refractivity contribution is 7.43. The molecule has 0 aromatic carbocycles. The van der Waals surface area contributed by atoms with Gasteiger partial charge in [0.25, 0.3) is 0 Å². The van der Waals surface area contributed by atoms with Gasteiger partial charge in [-0.15, -0.1) is 0 Å². The van der Waals surface area contributed by atoms with Gasteiger partial charge < -0.3 is 34.2 Å². The van der Waals surface area contributed by atoms with Crippen LogP contribution in [0.2, 0.25) is 0 Å². The number of ketones is 1. The molecule has 3 N–H and O–H groups in total. The van der Waals surface area contributed by atoms with Crippen molar-refractivity contribution in [3.8, 4) is 0 Å². The molecule has 14 heavy (non-hydrogen) atoms. The summed E-state index contributed by atoms with van der Waals surface area (Å²) in [5.74, 6) is -4.11. The molecular weight excluding hydrogens is 219 g/mol. The van der Waals surface area contributed by atoms with Crippen molar-refractivity contribution in [2.45, 2.75) is 18.8 Å². The van der Waals surface area contributed by atoms with E-state index in [-0.39, 0.29) is 0 Å². The largest absolute Gasteiger partial charge is 0.790 e. The lowest BCUT2D eigenvalue weighted by Gasteiger charge is -2.33. The average molecular weight is 228 g/mol. The number of phosphoric ester groups is 1. The van der Waals surface area contributed by atoms with Gasteiger partial charge in [0.1, 0.15) is 6.61 Å². The summed E-state index contributed by atoms with van der Waals surface area (Å²) in [6.07, 6.45) is -2.24. The van der Waals surface area contributed by atoms with Gasteiger partial charge in [-0.25, -0.2) is 0 Å². The van der Waals surface area contributed by atoms with E-state index in [1.807, 2.05) is 0 Å². The van der Waals surface area contributed by atoms with Gasteiger partial charge in [0, 0.05) is 0 Å². The van der Waals surface area contributed by atoms with Crippen LogP contribution in [0.4, 0.5) is 0 Å². The Hall–Kier alpha value is -0.340. The number of hydrogen-bond acceptors (Lipinski definition) is 8. The van der Waals surface area contributed by atoms with E-state index in [9.17, 15) is 19.1 Å². The van der Waals surface area contributed by atoms with Gasteiger partial charge >= 0.3 is 0 Å². The molecule has 0 aliphatic heterocycles. The molecule has 84 valence electrons. The fourth-order valence-corrected chi connectivity index (χ4v) is 0.927. The second-order valence-electron chi connectivity index (χ2n) is 2.61. The Labute approximate surface area is 79.0 Å². The van der Waals surface area contributed by atoms with Gasteiger partial charge in [0.05, 0.1) is 7.82 Å². The summed E-state index contributed by atoms with van der Waals surface area (Å²) in [6, 6.07) is 0. The second kappa shape index (κ2) is 4.45. The third kappa shape index (κ3) is 4.77. The van der Waals surface area contributed by atoms with Gasteiger partial charge in [-0.1, -0.05) is 0 Å². The minimum Gasteiger partial charge on any atom is -0.790 e. The number of phosphoric acid groups is 1. The minimum atomic E-state index is -5.37. The second-order valence-corrected chi connectivity index (χ2v) is 3.77. The molecule has 1 unspecified atom stereocenters. The third-order valence-corrected chi connectivity index (χ3v) is 1.70. The third-order valence-electron chi connectivity index (χ3n) is 1.26. The van der Waals surface area contributed by atoms with Gasteiger partial charge in [0.2, 0.25) is 5.79 Å². The first-order valence-electron chi connectivity index (χ1n) is 3.36. The monoisotopic (exact) mass is 228 g/mol. The van der Waals surface area contributed by atoms with Crippen LogP contribution < -0.4 is 9.79 Å². The van der Waals surface area contributed by atoms with Crippen molar-refractivity contribution in [3.05, 3.63) is 0 Å². The molecule has 0 aromatic rings. The molecule has 0 aromatic heterocycles. The van der Waals surface area contributed by atoms with Crippen LogP contribution in [-0.2, 0) is 13.9 Å². The predicted octanol–water partition coefficient (Wildman–Crippen LogP) is -3.54. The maximum atomic E-state index is 10.5. The SMILES string of the molecule is CC(=O)C(O)C(O)(O)COP(=O)([O-])[O-]. The smallest absolute Gasteiger partial charge is 0.221 e. The Morgan fingerprint density at radius 1 is 1.57 bits per heavy atom. The molecule has 0 bridgehead atoms. The summed E-state index contributed by atoms with van der Waals surface area (Å²) in [5, 5.41) is 26.6. The standard InChI is InChI=1S/C5H11O8P/c1-3(6)4(7)5(8,9)2-13-14(10,11)12/h4,7-9H,2H2,1H3,(H2,10,11,12)/p-2. The zero-order valence-electron chi connectivity index (χ0n) is 7.11. The maximum Gasteiger partial charge on any atom is 0.221 e. The van der Waals surface area contributed by atoms with E-state index in [4.69, 9.17) is 15.3 Å². The first-order chi connectivity index (χ1) is 6.06. The number of rotatable bonds is 5. The van der Waals surface area contributed by atoms with E-state index in [1.165, 1.54) is 0 Å². The number of aliphatic hydroxyl groups excluding tert-OH is 1. The van der Waals surface area contributed by atoms with Crippen molar-refractivity contribution < 1.29 is 39.0 Å². The molecule has 0 rings (SSSR count). The topological polar surface area (TPSA) is 150 Å². The molecule has 0 heterocycles. The van der Waals surface area contributed by atoms with Gasteiger partial charge in [0.15, 0.2) is 11.9 Å². The average Bonchev–Trinajstić information content (AvgIpc) is 1.98. The lowest BCUT2D eigenvalue weighted by Crippen LogP contribution is -2.50. The molecule has 8 nitrogen and oxygen atoms in total. The van der Waals surface area contributed by atoms with Crippen LogP contribution in [0.3, 0.4) is 0 Å². The quantitative estimate of drug-likeness (QED) is 0.323. The summed E-state index contributed by atoms with van der Waals surface area (Å²) in [4.78, 5) is 30.3. The summed E-state index contributed by atoms with van der Waals surface area (Å²) in [7, 11) is -5.37. The zero-order valence-corrected chi connectivity index (χ0v) is 8.01. The molecule has 0 radical (unpaired) electrons. The first kappa shape index (κ1) is 13.7. The highest BCUT2D eigenvalue weighted by atomic mass is 31.2. The van der Waals surface area contributed by atoms with E-state index in [1.54, 1.807) is 0 Å². The summed E-state index contributed by atoms with van der Waals surface area (Å²) in [5.41, 5.74) is 0. The minimum absolute atomic E-state index is 0.847. The number of Topliss-reactive ketones (excluding diaryl/α,β-unsaturated/α-hetero) is 1. The van der Waals surface area contributed by atoms with Crippen LogP contribution in [0.1, 0.15) is 6.92 Å². The Morgan fingerprint density at radius 2 is 2.00 bits per heavy atom. The molecule has 0 saturated carbocycles. The molecule has 0 saturated heterocycles. The number of carbonyl (C=O) groups is 1. The fraction of sp³-hybridized carbons (Fsp3) is 0.800. The molecule has 1 atom stereocenters.